The van der Waals surface area contributed by atoms with Gasteiger partial charge in [0.1, 0.15) is 12.4 Å². The summed E-state index contributed by atoms with van der Waals surface area (Å²) < 4.78 is 11.2. The van der Waals surface area contributed by atoms with Crippen LogP contribution in [0.4, 0.5) is 0 Å². The van der Waals surface area contributed by atoms with Gasteiger partial charge in [-0.2, -0.15) is 0 Å². The maximum Gasteiger partial charge on any atom is 0.130 e. The average Bonchev–Trinajstić information content (AvgIpc) is 2.98. The van der Waals surface area contributed by atoms with Gasteiger partial charge in [0.2, 0.25) is 0 Å². The van der Waals surface area contributed by atoms with E-state index in [2.05, 4.69) is 24.3 Å². The van der Waals surface area contributed by atoms with Crippen LogP contribution < -0.4 is 0 Å². The second kappa shape index (κ2) is 6.22. The first-order valence-corrected chi connectivity index (χ1v) is 6.66. The predicted octanol–water partition coefficient (Wildman–Crippen LogP) is 4.66. The van der Waals surface area contributed by atoms with Crippen LogP contribution in [0.1, 0.15) is 11.3 Å². The first-order chi connectivity index (χ1) is 9.92. The quantitative estimate of drug-likeness (QED) is 0.668. The van der Waals surface area contributed by atoms with Crippen molar-refractivity contribution in [1.82, 2.24) is 0 Å². The maximum absolute atomic E-state index is 5.66. The van der Waals surface area contributed by atoms with Gasteiger partial charge in [0, 0.05) is 5.56 Å². The minimum Gasteiger partial charge on any atom is -0.466 e. The Bertz CT molecular complexity index is 641. The van der Waals surface area contributed by atoms with E-state index in [1.807, 2.05) is 42.5 Å². The van der Waals surface area contributed by atoms with Crippen LogP contribution in [-0.2, 0) is 18.0 Å². The molecule has 20 heavy (non-hydrogen) atoms. The Hall–Kier alpha value is -2.32. The van der Waals surface area contributed by atoms with Gasteiger partial charge in [-0.15, -0.1) is 0 Å². The fourth-order valence-corrected chi connectivity index (χ4v) is 2.08. The summed E-state index contributed by atoms with van der Waals surface area (Å²) in [6.07, 6.45) is 1.77. The molecule has 1 aromatic heterocycles. The van der Waals surface area contributed by atoms with Crippen molar-refractivity contribution in [2.75, 3.05) is 0 Å². The average molecular weight is 264 g/mol. The lowest BCUT2D eigenvalue weighted by Gasteiger charge is -2.01. The molecular formula is C18H16O2. The Balaban J connectivity index is 1.58. The van der Waals surface area contributed by atoms with Crippen LogP contribution in [0.25, 0.3) is 11.1 Å². The second-order valence-electron chi connectivity index (χ2n) is 4.65. The molecule has 0 saturated carbocycles. The zero-order chi connectivity index (χ0) is 13.6. The van der Waals surface area contributed by atoms with Crippen molar-refractivity contribution in [2.24, 2.45) is 0 Å². The van der Waals surface area contributed by atoms with E-state index < -0.39 is 0 Å². The highest BCUT2D eigenvalue weighted by molar-refractivity contribution is 5.62. The van der Waals surface area contributed by atoms with Crippen LogP contribution in [-0.4, -0.2) is 0 Å². The van der Waals surface area contributed by atoms with Crippen molar-refractivity contribution < 1.29 is 9.15 Å². The maximum atomic E-state index is 5.66. The molecule has 0 spiro atoms. The first-order valence-electron chi connectivity index (χ1n) is 6.66. The van der Waals surface area contributed by atoms with E-state index in [-0.39, 0.29) is 0 Å². The van der Waals surface area contributed by atoms with Crippen molar-refractivity contribution in [3.05, 3.63) is 84.3 Å². The SMILES string of the molecule is c1ccc(COCc2cc(-c3ccccc3)co2)cc1. The summed E-state index contributed by atoms with van der Waals surface area (Å²) in [6.45, 7) is 1.09. The molecule has 0 amide bonds. The second-order valence-corrected chi connectivity index (χ2v) is 4.65. The summed E-state index contributed by atoms with van der Waals surface area (Å²) >= 11 is 0. The molecule has 0 fully saturated rings. The smallest absolute Gasteiger partial charge is 0.130 e. The number of rotatable bonds is 5. The molecule has 3 rings (SSSR count). The summed E-state index contributed by atoms with van der Waals surface area (Å²) in [4.78, 5) is 0. The van der Waals surface area contributed by atoms with Gasteiger partial charge >= 0.3 is 0 Å². The van der Waals surface area contributed by atoms with E-state index in [4.69, 9.17) is 9.15 Å². The van der Waals surface area contributed by atoms with Crippen LogP contribution in [0.3, 0.4) is 0 Å². The van der Waals surface area contributed by atoms with Gasteiger partial charge in [0.05, 0.1) is 12.9 Å². The lowest BCUT2D eigenvalue weighted by molar-refractivity contribution is 0.0929. The predicted molar refractivity (Wildman–Crippen MR) is 79.1 cm³/mol. The number of furan rings is 1. The van der Waals surface area contributed by atoms with E-state index in [9.17, 15) is 0 Å². The van der Waals surface area contributed by atoms with Gasteiger partial charge in [-0.1, -0.05) is 60.7 Å². The van der Waals surface area contributed by atoms with Gasteiger partial charge in [-0.3, -0.25) is 0 Å². The summed E-state index contributed by atoms with van der Waals surface area (Å²) in [6, 6.07) is 22.4. The molecule has 2 heteroatoms. The van der Waals surface area contributed by atoms with Gasteiger partial charge in [0.15, 0.2) is 0 Å². The van der Waals surface area contributed by atoms with Gasteiger partial charge in [0.25, 0.3) is 0 Å². The molecule has 0 radical (unpaired) electrons. The third-order valence-corrected chi connectivity index (χ3v) is 3.12. The molecule has 0 aliphatic rings. The summed E-state index contributed by atoms with van der Waals surface area (Å²) in [7, 11) is 0. The molecular weight excluding hydrogens is 248 g/mol. The Labute approximate surface area is 118 Å². The normalized spacial score (nSPS) is 10.6. The minimum atomic E-state index is 0.488. The molecule has 0 bridgehead atoms. The van der Waals surface area contributed by atoms with Crippen LogP contribution in [0.2, 0.25) is 0 Å². The molecule has 3 aromatic rings. The third kappa shape index (κ3) is 3.16. The highest BCUT2D eigenvalue weighted by Crippen LogP contribution is 2.22. The summed E-state index contributed by atoms with van der Waals surface area (Å²) in [5.41, 5.74) is 3.41. The summed E-state index contributed by atoms with van der Waals surface area (Å²) in [5, 5.41) is 0. The van der Waals surface area contributed by atoms with E-state index >= 15 is 0 Å². The molecule has 0 aliphatic carbocycles. The molecule has 0 atom stereocenters. The fourth-order valence-electron chi connectivity index (χ4n) is 2.08. The fraction of sp³-hybridized carbons (Fsp3) is 0.111. The zero-order valence-corrected chi connectivity index (χ0v) is 11.2. The number of hydrogen-bond acceptors (Lipinski definition) is 2. The molecule has 100 valence electrons. The number of hydrogen-bond donors (Lipinski definition) is 0. The molecule has 0 unspecified atom stereocenters. The summed E-state index contributed by atoms with van der Waals surface area (Å²) in [5.74, 6) is 0.847. The molecule has 2 nitrogen and oxygen atoms in total. The standard InChI is InChI=1S/C18H16O2/c1-3-7-15(8-4-1)12-19-14-18-11-17(13-20-18)16-9-5-2-6-10-16/h1-11,13H,12,14H2. The monoisotopic (exact) mass is 264 g/mol. The van der Waals surface area contributed by atoms with E-state index in [0.717, 1.165) is 16.9 Å². The largest absolute Gasteiger partial charge is 0.466 e. The third-order valence-electron chi connectivity index (χ3n) is 3.12. The highest BCUT2D eigenvalue weighted by atomic mass is 16.5. The Kier molecular flexibility index (Phi) is 3.95. The number of ether oxygens (including phenoxy) is 1. The first kappa shape index (κ1) is 12.7. The molecule has 1 heterocycles. The zero-order valence-electron chi connectivity index (χ0n) is 11.2. The Morgan fingerprint density at radius 2 is 1.45 bits per heavy atom. The molecule has 2 aromatic carbocycles. The Morgan fingerprint density at radius 3 is 2.20 bits per heavy atom. The van der Waals surface area contributed by atoms with Crippen molar-refractivity contribution in [2.45, 2.75) is 13.2 Å². The van der Waals surface area contributed by atoms with Gasteiger partial charge in [-0.25, -0.2) is 0 Å². The van der Waals surface area contributed by atoms with Gasteiger partial charge in [-0.05, 0) is 17.2 Å². The highest BCUT2D eigenvalue weighted by Gasteiger charge is 2.04. The van der Waals surface area contributed by atoms with Crippen LogP contribution in [0, 0.1) is 0 Å². The van der Waals surface area contributed by atoms with Crippen molar-refractivity contribution in [3.8, 4) is 11.1 Å². The van der Waals surface area contributed by atoms with Crippen LogP contribution >= 0.6 is 0 Å². The van der Waals surface area contributed by atoms with Crippen molar-refractivity contribution >= 4 is 0 Å². The minimum absolute atomic E-state index is 0.488. The molecule has 0 saturated heterocycles. The van der Waals surface area contributed by atoms with Crippen LogP contribution in [0.5, 0.6) is 0 Å². The van der Waals surface area contributed by atoms with Crippen molar-refractivity contribution in [3.63, 3.8) is 0 Å². The van der Waals surface area contributed by atoms with E-state index in [1.165, 1.54) is 5.56 Å². The van der Waals surface area contributed by atoms with E-state index in [0.29, 0.717) is 13.2 Å². The lowest BCUT2D eigenvalue weighted by Crippen LogP contribution is -1.92. The van der Waals surface area contributed by atoms with Crippen LogP contribution in [0.15, 0.2) is 77.4 Å². The number of benzene rings is 2. The van der Waals surface area contributed by atoms with Gasteiger partial charge < -0.3 is 9.15 Å². The lowest BCUT2D eigenvalue weighted by atomic mass is 10.1. The topological polar surface area (TPSA) is 22.4 Å². The molecule has 0 N–H and O–H groups in total. The van der Waals surface area contributed by atoms with Crippen molar-refractivity contribution in [1.29, 1.82) is 0 Å². The van der Waals surface area contributed by atoms with E-state index in [1.54, 1.807) is 6.26 Å². The molecule has 0 aliphatic heterocycles. The Morgan fingerprint density at radius 1 is 0.750 bits per heavy atom.